The number of benzene rings is 1. The number of hydrogen-bond donors (Lipinski definition) is 2. The van der Waals surface area contributed by atoms with Gasteiger partial charge in [-0.2, -0.15) is 4.98 Å². The highest BCUT2D eigenvalue weighted by Gasteiger charge is 2.14. The van der Waals surface area contributed by atoms with E-state index < -0.39 is 11.3 Å². The molecule has 0 atom stereocenters. The summed E-state index contributed by atoms with van der Waals surface area (Å²) in [5.41, 5.74) is 0.442. The van der Waals surface area contributed by atoms with Gasteiger partial charge in [-0.1, -0.05) is 30.3 Å². The molecule has 0 bridgehead atoms. The maximum Gasteiger partial charge on any atom is 0.293 e. The van der Waals surface area contributed by atoms with Gasteiger partial charge in [0.05, 0.1) is 0 Å². The van der Waals surface area contributed by atoms with Gasteiger partial charge in [-0.25, -0.2) is 0 Å². The van der Waals surface area contributed by atoms with E-state index in [1.54, 1.807) is 0 Å². The Morgan fingerprint density at radius 3 is 2.81 bits per heavy atom. The van der Waals surface area contributed by atoms with Gasteiger partial charge in [-0.05, 0) is 5.56 Å². The molecular weight excluding hydrogens is 340 g/mol. The molecule has 3 rings (SSSR count). The number of H-pyrrole nitrogens is 1. The predicted molar refractivity (Wildman–Crippen MR) is 90.8 cm³/mol. The summed E-state index contributed by atoms with van der Waals surface area (Å²) < 4.78 is 15.5. The molecule has 0 aliphatic heterocycles. The van der Waals surface area contributed by atoms with Gasteiger partial charge in [0.2, 0.25) is 17.1 Å². The number of carbonyl (C=O) groups excluding carboxylic acids is 1. The van der Waals surface area contributed by atoms with E-state index in [0.29, 0.717) is 5.82 Å². The van der Waals surface area contributed by atoms with E-state index in [1.165, 1.54) is 7.11 Å². The fourth-order valence-corrected chi connectivity index (χ4v) is 2.07. The second kappa shape index (κ2) is 8.08. The lowest BCUT2D eigenvalue weighted by atomic mass is 10.2. The Bertz CT molecular complexity index is 936. The van der Waals surface area contributed by atoms with Crippen molar-refractivity contribution in [3.8, 4) is 5.75 Å². The lowest BCUT2D eigenvalue weighted by Crippen LogP contribution is -2.16. The number of aromatic nitrogens is 3. The van der Waals surface area contributed by atoms with Crippen LogP contribution in [0.15, 0.2) is 51.9 Å². The first kappa shape index (κ1) is 17.4. The highest BCUT2D eigenvalue weighted by Crippen LogP contribution is 2.10. The molecule has 2 aromatic heterocycles. The molecule has 0 saturated carbocycles. The number of ether oxygens (including phenoxy) is 2. The molecule has 0 aliphatic carbocycles. The summed E-state index contributed by atoms with van der Waals surface area (Å²) in [7, 11) is 1.51. The van der Waals surface area contributed by atoms with Crippen LogP contribution < -0.4 is 15.5 Å². The van der Waals surface area contributed by atoms with Crippen LogP contribution in [-0.2, 0) is 18.0 Å². The maximum absolute atomic E-state index is 12.1. The highest BCUT2D eigenvalue weighted by molar-refractivity contribution is 6.01. The Balaban J connectivity index is 1.64. The molecular formula is C17H16N4O5. The number of rotatable bonds is 7. The average molecular weight is 356 g/mol. The lowest BCUT2D eigenvalue weighted by Gasteiger charge is -2.05. The largest absolute Gasteiger partial charge is 0.482 e. The molecule has 26 heavy (non-hydrogen) atoms. The fraction of sp³-hybridized carbons (Fsp3) is 0.176. The van der Waals surface area contributed by atoms with Crippen molar-refractivity contribution in [1.82, 2.24) is 15.2 Å². The minimum absolute atomic E-state index is 0.0191. The van der Waals surface area contributed by atoms with E-state index in [2.05, 4.69) is 20.5 Å². The first-order chi connectivity index (χ1) is 12.7. The van der Waals surface area contributed by atoms with Crippen molar-refractivity contribution in [2.24, 2.45) is 0 Å². The molecule has 0 fully saturated rings. The molecule has 0 spiro atoms. The van der Waals surface area contributed by atoms with Crippen LogP contribution in [-0.4, -0.2) is 28.2 Å². The van der Waals surface area contributed by atoms with E-state index >= 15 is 0 Å². The Morgan fingerprint density at radius 2 is 2.08 bits per heavy atom. The SMILES string of the molecule is COCc1nc(NC(=O)c2cc(=O)c(OCc3ccccc3)co2)n[nH]1. The van der Waals surface area contributed by atoms with Crippen molar-refractivity contribution < 1.29 is 18.7 Å². The smallest absolute Gasteiger partial charge is 0.293 e. The number of anilines is 1. The van der Waals surface area contributed by atoms with Gasteiger partial charge in [0.25, 0.3) is 5.91 Å². The zero-order chi connectivity index (χ0) is 18.4. The molecule has 134 valence electrons. The van der Waals surface area contributed by atoms with Crippen LogP contribution in [0.2, 0.25) is 0 Å². The van der Waals surface area contributed by atoms with Crippen LogP contribution in [0.25, 0.3) is 0 Å². The van der Waals surface area contributed by atoms with Crippen molar-refractivity contribution >= 4 is 11.9 Å². The van der Waals surface area contributed by atoms with Crippen LogP contribution in [0.3, 0.4) is 0 Å². The fourth-order valence-electron chi connectivity index (χ4n) is 2.07. The minimum atomic E-state index is -0.653. The van der Waals surface area contributed by atoms with Gasteiger partial charge >= 0.3 is 0 Å². The number of nitrogens with one attached hydrogen (secondary N) is 2. The summed E-state index contributed by atoms with van der Waals surface area (Å²) in [5, 5.41) is 8.83. The number of hydrogen-bond acceptors (Lipinski definition) is 7. The van der Waals surface area contributed by atoms with Crippen LogP contribution in [0.5, 0.6) is 5.75 Å². The van der Waals surface area contributed by atoms with Crippen LogP contribution in [0.1, 0.15) is 21.9 Å². The van der Waals surface area contributed by atoms with Gasteiger partial charge in [-0.15, -0.1) is 5.10 Å². The number of methoxy groups -OCH3 is 1. The molecule has 1 aromatic carbocycles. The molecule has 0 aliphatic rings. The van der Waals surface area contributed by atoms with Crippen molar-refractivity contribution in [3.63, 3.8) is 0 Å². The van der Waals surface area contributed by atoms with E-state index in [-0.39, 0.29) is 30.7 Å². The lowest BCUT2D eigenvalue weighted by molar-refractivity contribution is 0.0992. The third-order valence-corrected chi connectivity index (χ3v) is 3.30. The maximum atomic E-state index is 12.1. The van der Waals surface area contributed by atoms with Crippen molar-refractivity contribution in [2.45, 2.75) is 13.2 Å². The molecule has 0 unspecified atom stereocenters. The van der Waals surface area contributed by atoms with E-state index in [1.807, 2.05) is 30.3 Å². The molecule has 9 heteroatoms. The number of carbonyl (C=O) groups is 1. The van der Waals surface area contributed by atoms with Gasteiger partial charge in [0.1, 0.15) is 19.5 Å². The van der Waals surface area contributed by atoms with E-state index in [4.69, 9.17) is 13.9 Å². The summed E-state index contributed by atoms with van der Waals surface area (Å²) in [4.78, 5) is 28.2. The van der Waals surface area contributed by atoms with E-state index in [0.717, 1.165) is 17.9 Å². The minimum Gasteiger partial charge on any atom is -0.482 e. The normalized spacial score (nSPS) is 10.5. The summed E-state index contributed by atoms with van der Waals surface area (Å²) in [6.45, 7) is 0.446. The first-order valence-electron chi connectivity index (χ1n) is 7.67. The van der Waals surface area contributed by atoms with Gasteiger partial charge < -0.3 is 13.9 Å². The molecule has 9 nitrogen and oxygen atoms in total. The quantitative estimate of drug-likeness (QED) is 0.661. The summed E-state index contributed by atoms with van der Waals surface area (Å²) >= 11 is 0. The third-order valence-electron chi connectivity index (χ3n) is 3.30. The first-order valence-corrected chi connectivity index (χ1v) is 7.67. The molecule has 3 aromatic rings. The van der Waals surface area contributed by atoms with Crippen molar-refractivity contribution in [1.29, 1.82) is 0 Å². The van der Waals surface area contributed by atoms with Gasteiger partial charge in [0, 0.05) is 13.2 Å². The topological polar surface area (TPSA) is 119 Å². The van der Waals surface area contributed by atoms with Crippen molar-refractivity contribution in [3.05, 3.63) is 70.0 Å². The van der Waals surface area contributed by atoms with E-state index in [9.17, 15) is 9.59 Å². The highest BCUT2D eigenvalue weighted by atomic mass is 16.5. The standard InChI is InChI=1S/C17H16N4O5/c1-24-10-15-18-17(21-20-15)19-16(23)13-7-12(22)14(9-26-13)25-8-11-5-3-2-4-6-11/h2-7,9H,8,10H2,1H3,(H2,18,19,20,21,23). The number of aromatic amines is 1. The predicted octanol–water partition coefficient (Wildman–Crippen LogP) is 1.74. The van der Waals surface area contributed by atoms with Gasteiger partial charge in [0.15, 0.2) is 11.6 Å². The Kier molecular flexibility index (Phi) is 5.40. The third kappa shape index (κ3) is 4.33. The molecule has 0 saturated heterocycles. The van der Waals surface area contributed by atoms with Crippen LogP contribution in [0, 0.1) is 0 Å². The zero-order valence-corrected chi connectivity index (χ0v) is 13.9. The monoisotopic (exact) mass is 356 g/mol. The van der Waals surface area contributed by atoms with Crippen LogP contribution in [0.4, 0.5) is 5.95 Å². The molecule has 0 radical (unpaired) electrons. The number of amides is 1. The van der Waals surface area contributed by atoms with Crippen molar-refractivity contribution in [2.75, 3.05) is 12.4 Å². The summed E-state index contributed by atoms with van der Waals surface area (Å²) in [6.07, 6.45) is 1.11. The molecule has 2 N–H and O–H groups in total. The Morgan fingerprint density at radius 1 is 1.27 bits per heavy atom. The zero-order valence-electron chi connectivity index (χ0n) is 13.9. The Hall–Kier alpha value is -3.46. The second-order valence-corrected chi connectivity index (χ2v) is 5.24. The average Bonchev–Trinajstić information content (AvgIpc) is 3.09. The number of nitrogens with zero attached hydrogens (tertiary/aromatic N) is 2. The summed E-state index contributed by atoms with van der Waals surface area (Å²) in [6, 6.07) is 10.4. The molecule has 1 amide bonds. The summed E-state index contributed by atoms with van der Waals surface area (Å²) in [5.74, 6) is -0.312. The second-order valence-electron chi connectivity index (χ2n) is 5.24. The molecule has 2 heterocycles. The van der Waals surface area contributed by atoms with Crippen LogP contribution >= 0.6 is 0 Å². The van der Waals surface area contributed by atoms with Gasteiger partial charge in [-0.3, -0.25) is 20.0 Å². The Labute approximate surface area is 148 Å².